The third-order valence-corrected chi connectivity index (χ3v) is 11.5. The summed E-state index contributed by atoms with van der Waals surface area (Å²) in [6, 6.07) is 16.4. The molecular formula is C36H42N6O2S4. The molecule has 4 aromatic heterocycles. The molecule has 0 aliphatic carbocycles. The number of ether oxygens (including phenoxy) is 2. The topological polar surface area (TPSA) is 95.8 Å². The third-order valence-electron chi connectivity index (χ3n) is 6.92. The highest BCUT2D eigenvalue weighted by Gasteiger charge is 2.27. The van der Waals surface area contributed by atoms with Gasteiger partial charge in [0.25, 0.3) is 0 Å². The van der Waals surface area contributed by atoms with Gasteiger partial charge in [-0.3, -0.25) is 0 Å². The number of aryl methyl sites for hydroxylation is 2. The second kappa shape index (κ2) is 17.1. The highest BCUT2D eigenvalue weighted by molar-refractivity contribution is 8.02. The number of rotatable bonds is 12. The molecular weight excluding hydrogens is 677 g/mol. The van der Waals surface area contributed by atoms with Crippen LogP contribution in [0.25, 0.3) is 20.4 Å². The maximum Gasteiger partial charge on any atom is 0.158 e. The first kappa shape index (κ1) is 36.3. The zero-order valence-corrected chi connectivity index (χ0v) is 31.8. The summed E-state index contributed by atoms with van der Waals surface area (Å²) < 4.78 is 16.7. The fourth-order valence-electron chi connectivity index (χ4n) is 4.69. The molecule has 0 spiro atoms. The number of thiazole rings is 2. The van der Waals surface area contributed by atoms with E-state index in [0.29, 0.717) is 0 Å². The maximum absolute atomic E-state index is 6.12. The number of para-hydroxylation sites is 2. The lowest BCUT2D eigenvalue weighted by Crippen LogP contribution is -2.21. The molecule has 252 valence electrons. The van der Waals surface area contributed by atoms with E-state index in [1.807, 2.05) is 103 Å². The Balaban J connectivity index is 0.000000188. The average molecular weight is 719 g/mol. The molecule has 4 atom stereocenters. The number of benzene rings is 2. The predicted octanol–water partition coefficient (Wildman–Crippen LogP) is 10.1. The van der Waals surface area contributed by atoms with Crippen molar-refractivity contribution in [3.63, 3.8) is 0 Å². The maximum atomic E-state index is 6.12. The summed E-state index contributed by atoms with van der Waals surface area (Å²) in [5, 5.41) is 0.325. The minimum Gasteiger partial charge on any atom is -0.366 e. The van der Waals surface area contributed by atoms with Gasteiger partial charge in [0.05, 0.1) is 32.6 Å². The van der Waals surface area contributed by atoms with Gasteiger partial charge in [0, 0.05) is 35.3 Å². The van der Waals surface area contributed by atoms with Crippen molar-refractivity contribution in [3.8, 4) is 0 Å². The summed E-state index contributed by atoms with van der Waals surface area (Å²) in [7, 11) is 0. The summed E-state index contributed by atoms with van der Waals surface area (Å²) >= 11 is 6.87. The van der Waals surface area contributed by atoms with Gasteiger partial charge in [0.2, 0.25) is 0 Å². The van der Waals surface area contributed by atoms with Gasteiger partial charge in [0.1, 0.15) is 12.2 Å². The van der Waals surface area contributed by atoms with Crippen molar-refractivity contribution < 1.29 is 9.47 Å². The van der Waals surface area contributed by atoms with Crippen LogP contribution in [0.5, 0.6) is 0 Å². The van der Waals surface area contributed by atoms with Crippen molar-refractivity contribution in [3.05, 3.63) is 96.1 Å². The molecule has 0 bridgehead atoms. The number of hydrogen-bond donors (Lipinski definition) is 0. The van der Waals surface area contributed by atoms with Crippen LogP contribution in [0.2, 0.25) is 0 Å². The molecule has 6 rings (SSSR count). The molecule has 0 fully saturated rings. The van der Waals surface area contributed by atoms with E-state index in [9.17, 15) is 0 Å². The van der Waals surface area contributed by atoms with Crippen molar-refractivity contribution >= 4 is 66.6 Å². The van der Waals surface area contributed by atoms with Crippen molar-refractivity contribution in [1.29, 1.82) is 0 Å². The molecule has 4 heterocycles. The molecule has 2 aromatic carbocycles. The molecule has 8 nitrogen and oxygen atoms in total. The first-order valence-electron chi connectivity index (χ1n) is 16.0. The first-order valence-corrected chi connectivity index (χ1v) is 19.4. The van der Waals surface area contributed by atoms with E-state index in [4.69, 9.17) is 19.4 Å². The molecule has 12 heteroatoms. The van der Waals surface area contributed by atoms with Gasteiger partial charge < -0.3 is 9.47 Å². The van der Waals surface area contributed by atoms with Crippen LogP contribution in [0, 0.1) is 13.8 Å². The zero-order chi connectivity index (χ0) is 34.2. The Kier molecular flexibility index (Phi) is 12.9. The van der Waals surface area contributed by atoms with Gasteiger partial charge in [-0.1, -0.05) is 47.8 Å². The van der Waals surface area contributed by atoms with Gasteiger partial charge in [-0.05, 0) is 90.8 Å². The SMILES string of the molecule is Cc1cnc([C@@H](OC(C)C)[C@@H](C)Sc2nc3ccccc3s2)nc1.Cc1cnc([C@H](OC(C)C)[C@H](C)Sc2nc3ccccc3s2)nc1. The second-order valence-electron chi connectivity index (χ2n) is 12.0. The number of fused-ring (bicyclic) bond motifs is 2. The minimum atomic E-state index is -0.164. The minimum absolute atomic E-state index is 0.110. The summed E-state index contributed by atoms with van der Waals surface area (Å²) in [6.45, 7) is 16.4. The van der Waals surface area contributed by atoms with Crippen LogP contribution in [0.1, 0.15) is 76.5 Å². The fourth-order valence-corrected chi connectivity index (χ4v) is 9.48. The van der Waals surface area contributed by atoms with Crippen molar-refractivity contribution in [2.75, 3.05) is 0 Å². The molecule has 0 aliphatic heterocycles. The lowest BCUT2D eigenvalue weighted by Gasteiger charge is -2.24. The van der Waals surface area contributed by atoms with E-state index in [1.165, 1.54) is 9.40 Å². The standard InChI is InChI=1S/2C18H21N3OS2/c2*1-11(2)22-16(17-19-9-12(3)10-20-17)13(4)23-18-21-14-7-5-6-8-15(14)24-18/h2*5-11,13,16H,1-4H3/t2*13-,16+/m10/s1. The van der Waals surface area contributed by atoms with E-state index < -0.39 is 0 Å². The Morgan fingerprint density at radius 2 is 0.896 bits per heavy atom. The Bertz CT molecular complexity index is 1670. The summed E-state index contributed by atoms with van der Waals surface area (Å²) in [5.74, 6) is 1.46. The summed E-state index contributed by atoms with van der Waals surface area (Å²) in [5.41, 5.74) is 4.19. The van der Waals surface area contributed by atoms with Crippen LogP contribution >= 0.6 is 46.2 Å². The molecule has 0 saturated carbocycles. The number of hydrogen-bond acceptors (Lipinski definition) is 12. The monoisotopic (exact) mass is 718 g/mol. The highest BCUT2D eigenvalue weighted by Crippen LogP contribution is 2.39. The van der Waals surface area contributed by atoms with E-state index in [-0.39, 0.29) is 34.9 Å². The van der Waals surface area contributed by atoms with Crippen molar-refractivity contribution in [2.45, 2.75) is 99.0 Å². The molecule has 48 heavy (non-hydrogen) atoms. The zero-order valence-electron chi connectivity index (χ0n) is 28.5. The third kappa shape index (κ3) is 10.0. The molecule has 0 N–H and O–H groups in total. The van der Waals surface area contributed by atoms with Gasteiger partial charge in [-0.2, -0.15) is 0 Å². The van der Waals surface area contributed by atoms with Crippen molar-refractivity contribution in [2.24, 2.45) is 0 Å². The average Bonchev–Trinajstić information content (AvgIpc) is 3.66. The highest BCUT2D eigenvalue weighted by atomic mass is 32.2. The van der Waals surface area contributed by atoms with E-state index in [0.717, 1.165) is 42.5 Å². The number of thioether (sulfide) groups is 2. The van der Waals surface area contributed by atoms with Gasteiger partial charge in [0.15, 0.2) is 20.3 Å². The number of aromatic nitrogens is 6. The van der Waals surface area contributed by atoms with Gasteiger partial charge >= 0.3 is 0 Å². The summed E-state index contributed by atoms with van der Waals surface area (Å²) in [6.07, 6.45) is 7.26. The van der Waals surface area contributed by atoms with Gasteiger partial charge in [-0.15, -0.1) is 22.7 Å². The molecule has 6 aromatic rings. The Morgan fingerprint density at radius 3 is 1.23 bits per heavy atom. The van der Waals surface area contributed by atoms with Crippen LogP contribution in [-0.2, 0) is 9.47 Å². The van der Waals surface area contributed by atoms with Crippen LogP contribution in [0.15, 0.2) is 82.0 Å². The number of nitrogens with zero attached hydrogens (tertiary/aromatic N) is 6. The normalized spacial score (nSPS) is 14.2. The molecule has 0 saturated heterocycles. The Morgan fingerprint density at radius 1 is 0.542 bits per heavy atom. The van der Waals surface area contributed by atoms with Gasteiger partial charge in [-0.25, -0.2) is 29.9 Å². The quantitative estimate of drug-likeness (QED) is 0.114. The second-order valence-corrected chi connectivity index (χ2v) is 17.3. The van der Waals surface area contributed by atoms with E-state index in [2.05, 4.69) is 45.9 Å². The van der Waals surface area contributed by atoms with E-state index in [1.54, 1.807) is 46.2 Å². The Hall–Kier alpha value is -3.00. The lowest BCUT2D eigenvalue weighted by molar-refractivity contribution is 0.00263. The van der Waals surface area contributed by atoms with Crippen LogP contribution in [0.4, 0.5) is 0 Å². The van der Waals surface area contributed by atoms with Crippen molar-refractivity contribution in [1.82, 2.24) is 29.9 Å². The first-order chi connectivity index (χ1) is 23.0. The fraction of sp³-hybridized carbons (Fsp3) is 0.389. The molecule has 0 radical (unpaired) electrons. The smallest absolute Gasteiger partial charge is 0.158 e. The molecule has 0 aliphatic rings. The lowest BCUT2D eigenvalue weighted by atomic mass is 10.2. The summed E-state index contributed by atoms with van der Waals surface area (Å²) in [4.78, 5) is 27.3. The Labute approximate surface area is 299 Å². The van der Waals surface area contributed by atoms with Crippen LogP contribution < -0.4 is 0 Å². The predicted molar refractivity (Wildman–Crippen MR) is 201 cm³/mol. The molecule has 0 unspecified atom stereocenters. The van der Waals surface area contributed by atoms with Crippen LogP contribution in [-0.4, -0.2) is 52.6 Å². The molecule has 0 amide bonds. The largest absolute Gasteiger partial charge is 0.366 e. The van der Waals surface area contributed by atoms with E-state index >= 15 is 0 Å². The van der Waals surface area contributed by atoms with Crippen LogP contribution in [0.3, 0.4) is 0 Å².